The average molecular weight is 469 g/mol. The zero-order valence-electron chi connectivity index (χ0n) is 20.4. The summed E-state index contributed by atoms with van der Waals surface area (Å²) in [5.41, 5.74) is 9.39. The molecule has 0 saturated carbocycles. The van der Waals surface area contributed by atoms with Gasteiger partial charge in [0.25, 0.3) is 0 Å². The van der Waals surface area contributed by atoms with E-state index in [1.165, 1.54) is 5.69 Å². The van der Waals surface area contributed by atoms with Crippen LogP contribution in [0.2, 0.25) is 0 Å². The highest BCUT2D eigenvalue weighted by Crippen LogP contribution is 2.33. The quantitative estimate of drug-likeness (QED) is 0.499. The average Bonchev–Trinajstić information content (AvgIpc) is 3.13. The number of fused-ring (bicyclic) bond motifs is 1. The Balaban J connectivity index is 1.51. The molecule has 0 bridgehead atoms. The maximum atomic E-state index is 6.48. The number of benzene rings is 1. The lowest BCUT2D eigenvalue weighted by atomic mass is 9.93. The molecule has 0 radical (unpaired) electrons. The van der Waals surface area contributed by atoms with Crippen molar-refractivity contribution in [3.05, 3.63) is 35.2 Å². The molecule has 178 valence electrons. The predicted octanol–water partition coefficient (Wildman–Crippen LogP) is 4.64. The summed E-state index contributed by atoms with van der Waals surface area (Å²) in [6, 6.07) is 8.48. The van der Waals surface area contributed by atoms with Gasteiger partial charge in [0, 0.05) is 43.1 Å². The minimum Gasteiger partial charge on any atom is -0.475 e. The van der Waals surface area contributed by atoms with E-state index in [0.717, 1.165) is 54.1 Å². The number of hydrogen-bond acceptors (Lipinski definition) is 8. The van der Waals surface area contributed by atoms with Gasteiger partial charge >= 0.3 is 0 Å². The number of hydrogen-bond donors (Lipinski definition) is 2. The molecule has 3 heterocycles. The second-order valence-corrected chi connectivity index (χ2v) is 10.8. The van der Waals surface area contributed by atoms with Crippen LogP contribution < -0.4 is 20.7 Å². The first-order valence-corrected chi connectivity index (χ1v) is 12.6. The molecular formula is C25H36N6OS. The van der Waals surface area contributed by atoms with E-state index in [4.69, 9.17) is 20.4 Å². The molecule has 0 unspecified atom stereocenters. The summed E-state index contributed by atoms with van der Waals surface area (Å²) in [5.74, 6) is 1.63. The number of aromatic nitrogens is 2. The van der Waals surface area contributed by atoms with Crippen molar-refractivity contribution in [1.82, 2.24) is 14.9 Å². The third-order valence-electron chi connectivity index (χ3n) is 5.99. The van der Waals surface area contributed by atoms with E-state index in [-0.39, 0.29) is 0 Å². The predicted molar refractivity (Wildman–Crippen MR) is 139 cm³/mol. The molecule has 0 spiro atoms. The van der Waals surface area contributed by atoms with Crippen molar-refractivity contribution < 1.29 is 4.74 Å². The zero-order chi connectivity index (χ0) is 23.6. The fourth-order valence-corrected chi connectivity index (χ4v) is 5.29. The second-order valence-electron chi connectivity index (χ2n) is 9.95. The van der Waals surface area contributed by atoms with Crippen molar-refractivity contribution in [3.8, 4) is 5.88 Å². The van der Waals surface area contributed by atoms with Crippen LogP contribution >= 0.6 is 11.3 Å². The SMILES string of the molecule is Cc1csc2nc(Nc3ccc(N4CCN(C)CC4)cc3)nc(OC[C@@](C)(N)CC(C)C)c12. The maximum absolute atomic E-state index is 6.48. The Bertz CT molecular complexity index is 1070. The molecule has 7 nitrogen and oxygen atoms in total. The van der Waals surface area contributed by atoms with Crippen molar-refractivity contribution >= 4 is 38.9 Å². The molecule has 1 aromatic carbocycles. The number of aryl methyl sites for hydroxylation is 1. The summed E-state index contributed by atoms with van der Waals surface area (Å²) in [7, 11) is 2.17. The van der Waals surface area contributed by atoms with Crippen molar-refractivity contribution in [2.24, 2.45) is 11.7 Å². The van der Waals surface area contributed by atoms with Gasteiger partial charge in [-0.1, -0.05) is 13.8 Å². The monoisotopic (exact) mass is 468 g/mol. The van der Waals surface area contributed by atoms with E-state index >= 15 is 0 Å². The van der Waals surface area contributed by atoms with Gasteiger partial charge in [0.05, 0.1) is 5.39 Å². The van der Waals surface area contributed by atoms with Crippen LogP contribution in [0.5, 0.6) is 5.88 Å². The molecule has 4 rings (SSSR count). The van der Waals surface area contributed by atoms with Crippen LogP contribution in [0, 0.1) is 12.8 Å². The summed E-state index contributed by atoms with van der Waals surface area (Å²) in [4.78, 5) is 15.2. The highest BCUT2D eigenvalue weighted by Gasteiger charge is 2.23. The lowest BCUT2D eigenvalue weighted by Crippen LogP contribution is -2.44. The number of thiophene rings is 1. The first kappa shape index (κ1) is 23.7. The summed E-state index contributed by atoms with van der Waals surface area (Å²) < 4.78 is 6.19. The number of rotatable bonds is 8. The van der Waals surface area contributed by atoms with Gasteiger partial charge in [0.1, 0.15) is 11.4 Å². The van der Waals surface area contributed by atoms with Gasteiger partial charge in [-0.25, -0.2) is 4.98 Å². The smallest absolute Gasteiger partial charge is 0.231 e. The number of likely N-dealkylation sites (N-methyl/N-ethyl adjacent to an activating group) is 1. The Labute approximate surface area is 201 Å². The topological polar surface area (TPSA) is 79.5 Å². The number of anilines is 3. The molecule has 8 heteroatoms. The van der Waals surface area contributed by atoms with E-state index in [9.17, 15) is 0 Å². The third kappa shape index (κ3) is 5.93. The van der Waals surface area contributed by atoms with E-state index < -0.39 is 5.54 Å². The van der Waals surface area contributed by atoms with Gasteiger partial charge in [-0.05, 0) is 68.4 Å². The number of piperazine rings is 1. The van der Waals surface area contributed by atoms with Crippen LogP contribution in [0.25, 0.3) is 10.2 Å². The first-order valence-electron chi connectivity index (χ1n) is 11.7. The number of ether oxygens (including phenoxy) is 1. The van der Waals surface area contributed by atoms with Crippen LogP contribution in [0.3, 0.4) is 0 Å². The highest BCUT2D eigenvalue weighted by atomic mass is 32.1. The Morgan fingerprint density at radius 3 is 2.52 bits per heavy atom. The minimum atomic E-state index is -0.415. The highest BCUT2D eigenvalue weighted by molar-refractivity contribution is 7.17. The zero-order valence-corrected chi connectivity index (χ0v) is 21.2. The van der Waals surface area contributed by atoms with Crippen LogP contribution in [0.15, 0.2) is 29.6 Å². The largest absolute Gasteiger partial charge is 0.475 e. The molecule has 0 amide bonds. The molecule has 1 fully saturated rings. The fourth-order valence-electron chi connectivity index (χ4n) is 4.38. The first-order chi connectivity index (χ1) is 15.7. The molecule has 1 saturated heterocycles. The standard InChI is InChI=1S/C25H36N6OS/c1-17(2)14-25(4,26)16-32-22-21-18(3)15-33-23(21)29-24(28-22)27-19-6-8-20(9-7-19)31-12-10-30(5)11-13-31/h6-9,15,17H,10-14,16,26H2,1-5H3,(H,27,28,29)/t25-/m0/s1. The molecule has 3 N–H and O–H groups in total. The van der Waals surface area contributed by atoms with Gasteiger partial charge in [-0.3, -0.25) is 0 Å². The molecule has 2 aromatic heterocycles. The summed E-state index contributed by atoms with van der Waals surface area (Å²) in [5, 5.41) is 6.42. The number of nitrogens with zero attached hydrogens (tertiary/aromatic N) is 4. The molecule has 0 aliphatic carbocycles. The second kappa shape index (κ2) is 9.83. The Kier molecular flexibility index (Phi) is 7.07. The van der Waals surface area contributed by atoms with E-state index in [1.54, 1.807) is 11.3 Å². The van der Waals surface area contributed by atoms with Gasteiger partial charge in [0.15, 0.2) is 0 Å². The molecular weight excluding hydrogens is 432 g/mol. The Hall–Kier alpha value is -2.42. The summed E-state index contributed by atoms with van der Waals surface area (Å²) >= 11 is 1.61. The maximum Gasteiger partial charge on any atom is 0.231 e. The van der Waals surface area contributed by atoms with Gasteiger partial charge in [0.2, 0.25) is 11.8 Å². The van der Waals surface area contributed by atoms with Crippen LogP contribution in [-0.4, -0.2) is 60.2 Å². The third-order valence-corrected chi connectivity index (χ3v) is 6.98. The molecule has 1 aliphatic rings. The van der Waals surface area contributed by atoms with Crippen molar-refractivity contribution in [3.63, 3.8) is 0 Å². The van der Waals surface area contributed by atoms with Crippen molar-refractivity contribution in [2.45, 2.75) is 39.7 Å². The lowest BCUT2D eigenvalue weighted by molar-refractivity contribution is 0.203. The Morgan fingerprint density at radius 2 is 1.85 bits per heavy atom. The number of nitrogens with two attached hydrogens (primary N) is 1. The summed E-state index contributed by atoms with van der Waals surface area (Å²) in [6.45, 7) is 13.2. The molecule has 1 atom stereocenters. The summed E-state index contributed by atoms with van der Waals surface area (Å²) in [6.07, 6.45) is 0.884. The lowest BCUT2D eigenvalue weighted by Gasteiger charge is -2.34. The number of nitrogens with one attached hydrogen (secondary N) is 1. The van der Waals surface area contributed by atoms with Crippen molar-refractivity contribution in [2.75, 3.05) is 50.1 Å². The van der Waals surface area contributed by atoms with Crippen LogP contribution in [0.1, 0.15) is 32.8 Å². The normalized spacial score (nSPS) is 16.9. The van der Waals surface area contributed by atoms with Gasteiger partial charge in [-0.15, -0.1) is 11.3 Å². The molecule has 33 heavy (non-hydrogen) atoms. The van der Waals surface area contributed by atoms with Crippen LogP contribution in [-0.2, 0) is 0 Å². The van der Waals surface area contributed by atoms with Crippen LogP contribution in [0.4, 0.5) is 17.3 Å². The van der Waals surface area contributed by atoms with E-state index in [0.29, 0.717) is 24.4 Å². The fraction of sp³-hybridized carbons (Fsp3) is 0.520. The molecule has 3 aromatic rings. The van der Waals surface area contributed by atoms with Gasteiger partial charge < -0.3 is 25.6 Å². The Morgan fingerprint density at radius 1 is 1.15 bits per heavy atom. The molecule has 1 aliphatic heterocycles. The minimum absolute atomic E-state index is 0.408. The van der Waals surface area contributed by atoms with Gasteiger partial charge in [-0.2, -0.15) is 4.98 Å². The van der Waals surface area contributed by atoms with Crippen molar-refractivity contribution in [1.29, 1.82) is 0 Å². The van der Waals surface area contributed by atoms with E-state index in [2.05, 4.69) is 72.6 Å². The van der Waals surface area contributed by atoms with E-state index in [1.807, 2.05) is 6.92 Å².